The van der Waals surface area contributed by atoms with Gasteiger partial charge in [-0.25, -0.2) is 0 Å². The summed E-state index contributed by atoms with van der Waals surface area (Å²) in [6, 6.07) is 12.6. The summed E-state index contributed by atoms with van der Waals surface area (Å²) in [5.74, 6) is -1.12. The van der Waals surface area contributed by atoms with Crippen LogP contribution in [0.5, 0.6) is 0 Å². The van der Waals surface area contributed by atoms with Crippen molar-refractivity contribution in [2.75, 3.05) is 13.1 Å². The van der Waals surface area contributed by atoms with Gasteiger partial charge in [0, 0.05) is 30.8 Å². The lowest BCUT2D eigenvalue weighted by molar-refractivity contribution is -0.384. The molecule has 3 aromatic rings. The summed E-state index contributed by atoms with van der Waals surface area (Å²) in [5.41, 5.74) is 0.423. The van der Waals surface area contributed by atoms with Crippen LogP contribution in [0.25, 0.3) is 11.4 Å². The smallest absolute Gasteiger partial charge is 0.316 e. The summed E-state index contributed by atoms with van der Waals surface area (Å²) >= 11 is 5.91. The van der Waals surface area contributed by atoms with Crippen LogP contribution in [0.4, 0.5) is 5.69 Å². The monoisotopic (exact) mass is 415 g/mol. The molecule has 1 aromatic heterocycles. The molecule has 0 spiro atoms. The van der Waals surface area contributed by atoms with E-state index >= 15 is 0 Å². The van der Waals surface area contributed by atoms with E-state index in [0.717, 1.165) is 6.07 Å². The molecule has 0 bridgehead atoms. The van der Waals surface area contributed by atoms with Crippen LogP contribution in [0, 0.1) is 10.1 Å². The largest absolute Gasteiger partial charge is 0.350 e. The fourth-order valence-corrected chi connectivity index (χ4v) is 2.55. The normalized spacial score (nSPS) is 10.4. The lowest BCUT2D eigenvalue weighted by Gasteiger charge is -2.07. The van der Waals surface area contributed by atoms with E-state index in [9.17, 15) is 19.7 Å². The van der Waals surface area contributed by atoms with E-state index in [2.05, 4.69) is 20.8 Å². The molecule has 0 radical (unpaired) electrons. The van der Waals surface area contributed by atoms with Gasteiger partial charge in [0.2, 0.25) is 5.82 Å². The summed E-state index contributed by atoms with van der Waals surface area (Å²) in [4.78, 5) is 38.4. The van der Waals surface area contributed by atoms with Crippen LogP contribution in [0.3, 0.4) is 0 Å². The molecule has 3 rings (SSSR count). The zero-order valence-electron chi connectivity index (χ0n) is 14.8. The molecule has 29 heavy (non-hydrogen) atoms. The molecular weight excluding hydrogens is 402 g/mol. The number of nitro benzene ring substituents is 1. The highest BCUT2D eigenvalue weighted by Crippen LogP contribution is 2.21. The first-order chi connectivity index (χ1) is 14.0. The fraction of sp³-hybridized carbons (Fsp3) is 0.111. The van der Waals surface area contributed by atoms with Crippen LogP contribution in [0.1, 0.15) is 21.0 Å². The van der Waals surface area contributed by atoms with Crippen LogP contribution in [0.2, 0.25) is 5.02 Å². The molecule has 148 valence electrons. The number of nitrogens with one attached hydrogen (secondary N) is 2. The number of aromatic nitrogens is 2. The molecule has 2 amide bonds. The van der Waals surface area contributed by atoms with E-state index < -0.39 is 16.7 Å². The molecule has 0 aliphatic carbocycles. The van der Waals surface area contributed by atoms with Crippen molar-refractivity contribution in [2.45, 2.75) is 0 Å². The molecule has 0 fully saturated rings. The minimum atomic E-state index is -0.624. The van der Waals surface area contributed by atoms with Gasteiger partial charge >= 0.3 is 11.8 Å². The van der Waals surface area contributed by atoms with Gasteiger partial charge in [0.15, 0.2) is 0 Å². The summed E-state index contributed by atoms with van der Waals surface area (Å²) < 4.78 is 4.94. The van der Waals surface area contributed by atoms with Crippen LogP contribution in [-0.4, -0.2) is 40.0 Å². The Hall–Kier alpha value is -3.79. The lowest BCUT2D eigenvalue weighted by Crippen LogP contribution is -2.35. The SMILES string of the molecule is O=C(NCCNC(=O)c1cc([N+](=O)[O-])ccc1Cl)c1nc(-c2ccccc2)no1. The van der Waals surface area contributed by atoms with Gasteiger partial charge in [0.25, 0.3) is 11.6 Å². The van der Waals surface area contributed by atoms with Crippen molar-refractivity contribution >= 4 is 29.1 Å². The first kappa shape index (κ1) is 20.0. The van der Waals surface area contributed by atoms with Gasteiger partial charge in [-0.3, -0.25) is 19.7 Å². The predicted octanol–water partition coefficient (Wildman–Crippen LogP) is 2.46. The van der Waals surface area contributed by atoms with Gasteiger partial charge in [0.1, 0.15) is 0 Å². The molecule has 2 aromatic carbocycles. The van der Waals surface area contributed by atoms with E-state index in [-0.39, 0.29) is 41.1 Å². The Morgan fingerprint density at radius 3 is 2.45 bits per heavy atom. The first-order valence-corrected chi connectivity index (χ1v) is 8.73. The Kier molecular flexibility index (Phi) is 6.15. The third-order valence-electron chi connectivity index (χ3n) is 3.75. The van der Waals surface area contributed by atoms with Crippen molar-refractivity contribution in [3.05, 3.63) is 75.1 Å². The maximum Gasteiger partial charge on any atom is 0.316 e. The molecule has 0 saturated carbocycles. The second-order valence-electron chi connectivity index (χ2n) is 5.72. The van der Waals surface area contributed by atoms with Crippen LogP contribution < -0.4 is 10.6 Å². The zero-order chi connectivity index (χ0) is 20.8. The summed E-state index contributed by atoms with van der Waals surface area (Å²) in [5, 5.41) is 19.7. The standard InChI is InChI=1S/C18H14ClN5O5/c19-14-7-6-12(24(27)28)10-13(14)16(25)20-8-9-21-17(26)18-22-15(23-29-18)11-4-2-1-3-5-11/h1-7,10H,8-9H2,(H,20,25)(H,21,26). The Morgan fingerprint density at radius 2 is 1.76 bits per heavy atom. The summed E-state index contributed by atoms with van der Waals surface area (Å²) in [6.45, 7) is 0.128. The van der Waals surface area contributed by atoms with Gasteiger partial charge in [-0.1, -0.05) is 47.1 Å². The van der Waals surface area contributed by atoms with E-state index in [1.165, 1.54) is 12.1 Å². The Bertz CT molecular complexity index is 1050. The Balaban J connectivity index is 1.51. The zero-order valence-corrected chi connectivity index (χ0v) is 15.5. The van der Waals surface area contributed by atoms with E-state index in [0.29, 0.717) is 5.56 Å². The second-order valence-corrected chi connectivity index (χ2v) is 6.13. The van der Waals surface area contributed by atoms with E-state index in [1.807, 2.05) is 18.2 Å². The average Bonchev–Trinajstić information content (AvgIpc) is 3.22. The number of hydrogen-bond donors (Lipinski definition) is 2. The van der Waals surface area contributed by atoms with E-state index in [4.69, 9.17) is 16.1 Å². The molecule has 2 N–H and O–H groups in total. The average molecular weight is 416 g/mol. The van der Waals surface area contributed by atoms with Crippen molar-refractivity contribution in [3.63, 3.8) is 0 Å². The summed E-state index contributed by atoms with van der Waals surface area (Å²) in [6.07, 6.45) is 0. The van der Waals surface area contributed by atoms with Gasteiger partial charge in [0.05, 0.1) is 15.5 Å². The molecule has 0 aliphatic rings. The third kappa shape index (κ3) is 4.93. The predicted molar refractivity (Wildman–Crippen MR) is 103 cm³/mol. The molecule has 0 aliphatic heterocycles. The van der Waals surface area contributed by atoms with Crippen molar-refractivity contribution in [1.29, 1.82) is 0 Å². The molecule has 10 nitrogen and oxygen atoms in total. The van der Waals surface area contributed by atoms with Crippen LogP contribution in [-0.2, 0) is 0 Å². The number of nitro groups is 1. The number of amides is 2. The van der Waals surface area contributed by atoms with Crippen molar-refractivity contribution in [3.8, 4) is 11.4 Å². The minimum absolute atomic E-state index is 0.0309. The molecule has 1 heterocycles. The van der Waals surface area contributed by atoms with Gasteiger partial charge in [-0.05, 0) is 6.07 Å². The molecular formula is C18H14ClN5O5. The summed E-state index contributed by atoms with van der Waals surface area (Å²) in [7, 11) is 0. The highest BCUT2D eigenvalue weighted by Gasteiger charge is 2.17. The Morgan fingerprint density at radius 1 is 1.07 bits per heavy atom. The molecule has 0 unspecified atom stereocenters. The third-order valence-corrected chi connectivity index (χ3v) is 4.08. The number of hydrogen-bond acceptors (Lipinski definition) is 7. The van der Waals surface area contributed by atoms with E-state index in [1.54, 1.807) is 12.1 Å². The van der Waals surface area contributed by atoms with Gasteiger partial charge in [-0.2, -0.15) is 4.98 Å². The second kappa shape index (κ2) is 8.93. The molecule has 11 heteroatoms. The minimum Gasteiger partial charge on any atom is -0.350 e. The first-order valence-electron chi connectivity index (χ1n) is 8.35. The Labute approximate surface area is 169 Å². The van der Waals surface area contributed by atoms with Crippen molar-refractivity contribution in [1.82, 2.24) is 20.8 Å². The number of rotatable bonds is 7. The fourth-order valence-electron chi connectivity index (χ4n) is 2.34. The maximum absolute atomic E-state index is 12.1. The lowest BCUT2D eigenvalue weighted by atomic mass is 10.2. The number of carbonyl (C=O) groups excluding carboxylic acids is 2. The number of nitrogens with zero attached hydrogens (tertiary/aromatic N) is 3. The van der Waals surface area contributed by atoms with Crippen LogP contribution in [0.15, 0.2) is 53.1 Å². The van der Waals surface area contributed by atoms with Crippen molar-refractivity contribution < 1.29 is 19.0 Å². The maximum atomic E-state index is 12.1. The highest BCUT2D eigenvalue weighted by atomic mass is 35.5. The number of non-ortho nitro benzene ring substituents is 1. The van der Waals surface area contributed by atoms with Crippen molar-refractivity contribution in [2.24, 2.45) is 0 Å². The van der Waals surface area contributed by atoms with Crippen LogP contribution >= 0.6 is 11.6 Å². The molecule has 0 saturated heterocycles. The highest BCUT2D eigenvalue weighted by molar-refractivity contribution is 6.33. The van der Waals surface area contributed by atoms with Gasteiger partial charge < -0.3 is 15.2 Å². The number of halogens is 1. The van der Waals surface area contributed by atoms with Gasteiger partial charge in [-0.15, -0.1) is 0 Å². The molecule has 0 atom stereocenters. The number of benzene rings is 2. The topological polar surface area (TPSA) is 140 Å². The quantitative estimate of drug-likeness (QED) is 0.343. The number of carbonyl (C=O) groups is 2.